The molecule has 5 aromatic rings. The van der Waals surface area contributed by atoms with E-state index in [0.29, 0.717) is 28.7 Å². The average molecular weight is 1260 g/mol. The van der Waals surface area contributed by atoms with Crippen molar-refractivity contribution in [2.24, 2.45) is 11.8 Å². The zero-order valence-corrected chi connectivity index (χ0v) is 51.8. The van der Waals surface area contributed by atoms with Crippen LogP contribution in [0.2, 0.25) is 0 Å². The van der Waals surface area contributed by atoms with Crippen LogP contribution in [0.15, 0.2) is 144 Å². The Morgan fingerprint density at radius 1 is 0.598 bits per heavy atom. The van der Waals surface area contributed by atoms with Crippen LogP contribution in [0.3, 0.4) is 0 Å². The second-order valence-corrected chi connectivity index (χ2v) is 23.5. The monoisotopic (exact) mass is 1260 g/mol. The van der Waals surface area contributed by atoms with E-state index < -0.39 is 126 Å². The van der Waals surface area contributed by atoms with E-state index in [2.05, 4.69) is 58.5 Å². The molecule has 6 rings (SSSR count). The number of carbonyl (C=O) groups excluding carboxylic acids is 9. The van der Waals surface area contributed by atoms with E-state index >= 15 is 0 Å². The number of rotatable bonds is 21. The fraction of sp³-hybridized carbons (Fsp3) is 0.400. The van der Waals surface area contributed by atoms with Gasteiger partial charge in [0.05, 0.1) is 12.7 Å². The molecular weight excluding hydrogens is 1180 g/mol. The quantitative estimate of drug-likeness (QED) is 0.0291. The molecule has 87 heavy (non-hydrogen) atoms. The summed E-state index contributed by atoms with van der Waals surface area (Å²) in [6, 6.07) is 30.3. The number of carbonyl (C=O) groups is 9. The van der Waals surface area contributed by atoms with Gasteiger partial charge in [-0.05, 0) is 80.0 Å². The van der Waals surface area contributed by atoms with Crippen LogP contribution >= 0.6 is 15.9 Å². The van der Waals surface area contributed by atoms with Gasteiger partial charge in [0, 0.05) is 35.8 Å². The highest BCUT2D eigenvalue weighted by atomic mass is 79.9. The molecule has 1 fully saturated rings. The molecular formula is C65H79BrN8O13. The zero-order chi connectivity index (χ0) is 63.2. The van der Waals surface area contributed by atoms with Crippen LogP contribution in [0.5, 0.6) is 5.75 Å². The second kappa shape index (κ2) is 32.8. The Labute approximate surface area is 516 Å². The summed E-state index contributed by atoms with van der Waals surface area (Å²) >= 11 is 3.43. The largest absolute Gasteiger partial charge is 0.514 e. The van der Waals surface area contributed by atoms with Gasteiger partial charge in [-0.1, -0.05) is 171 Å². The Morgan fingerprint density at radius 3 is 1.72 bits per heavy atom. The van der Waals surface area contributed by atoms with Crippen LogP contribution in [-0.2, 0) is 80.2 Å². The van der Waals surface area contributed by atoms with E-state index in [1.54, 1.807) is 146 Å². The van der Waals surface area contributed by atoms with E-state index in [9.17, 15) is 43.2 Å². The lowest BCUT2D eigenvalue weighted by Gasteiger charge is -2.32. The molecule has 0 unspecified atom stereocenters. The number of hydrogen-bond acceptors (Lipinski definition) is 13. The van der Waals surface area contributed by atoms with Gasteiger partial charge in [-0.25, -0.2) is 9.59 Å². The number of amides is 8. The van der Waals surface area contributed by atoms with Gasteiger partial charge in [0.2, 0.25) is 41.4 Å². The minimum Gasteiger partial charge on any atom is -0.444 e. The van der Waals surface area contributed by atoms with E-state index in [4.69, 9.17) is 18.9 Å². The lowest BCUT2D eigenvalue weighted by Crippen LogP contribution is -2.65. The number of hydrogen-bond donors (Lipinski definition) is 8. The van der Waals surface area contributed by atoms with Crippen molar-refractivity contribution < 1.29 is 62.1 Å². The Balaban J connectivity index is 1.35. The third-order valence-electron chi connectivity index (χ3n) is 14.3. The molecule has 1 heterocycles. The Bertz CT molecular complexity index is 3130. The van der Waals surface area contributed by atoms with Crippen molar-refractivity contribution in [2.45, 2.75) is 148 Å². The maximum atomic E-state index is 14.9. The third-order valence-corrected chi connectivity index (χ3v) is 15.0. The van der Waals surface area contributed by atoms with Crippen molar-refractivity contribution >= 4 is 69.5 Å². The molecule has 1 saturated heterocycles. The molecule has 0 aromatic heterocycles. The van der Waals surface area contributed by atoms with Gasteiger partial charge < -0.3 is 61.5 Å². The minimum atomic E-state index is -1.65. The summed E-state index contributed by atoms with van der Waals surface area (Å²) in [6.45, 7) is 12.8. The van der Waals surface area contributed by atoms with E-state index in [0.717, 1.165) is 10.0 Å². The average Bonchev–Trinajstić information content (AvgIpc) is 2.38. The summed E-state index contributed by atoms with van der Waals surface area (Å²) in [5.41, 5.74) is 2.38. The Kier molecular flexibility index (Phi) is 25.4. The predicted molar refractivity (Wildman–Crippen MR) is 328 cm³/mol. The molecule has 0 aliphatic carbocycles. The van der Waals surface area contributed by atoms with Gasteiger partial charge in [0.15, 0.2) is 0 Å². The van der Waals surface area contributed by atoms with Crippen LogP contribution in [0.25, 0.3) is 0 Å². The summed E-state index contributed by atoms with van der Waals surface area (Å²) in [5, 5.41) is 22.0. The first-order chi connectivity index (χ1) is 41.5. The second-order valence-electron chi connectivity index (χ2n) is 22.7. The maximum Gasteiger partial charge on any atom is 0.514 e. The Morgan fingerprint density at radius 2 is 1.14 bits per heavy atom. The molecule has 464 valence electrons. The Hall–Kier alpha value is -8.63. The highest BCUT2D eigenvalue weighted by Crippen LogP contribution is 2.20. The summed E-state index contributed by atoms with van der Waals surface area (Å²) < 4.78 is 23.2. The first kappa shape index (κ1) is 67.5. The van der Waals surface area contributed by atoms with Crippen molar-refractivity contribution in [3.05, 3.63) is 172 Å². The molecule has 0 saturated carbocycles. The lowest BCUT2D eigenvalue weighted by atomic mass is 9.96. The molecule has 8 amide bonds. The van der Waals surface area contributed by atoms with Crippen LogP contribution in [-0.4, -0.2) is 114 Å². The first-order valence-corrected chi connectivity index (χ1v) is 29.8. The van der Waals surface area contributed by atoms with Gasteiger partial charge in [-0.2, -0.15) is 0 Å². The van der Waals surface area contributed by atoms with Gasteiger partial charge in [0.1, 0.15) is 60.3 Å². The van der Waals surface area contributed by atoms with E-state index in [1.807, 2.05) is 36.4 Å². The molecule has 1 aliphatic heterocycles. The molecule has 9 atom stereocenters. The normalized spacial score (nSPS) is 19.2. The smallest absolute Gasteiger partial charge is 0.444 e. The van der Waals surface area contributed by atoms with Gasteiger partial charge >= 0.3 is 12.2 Å². The van der Waals surface area contributed by atoms with Crippen LogP contribution in [0.1, 0.15) is 89.6 Å². The maximum absolute atomic E-state index is 14.9. The summed E-state index contributed by atoms with van der Waals surface area (Å²) in [4.78, 5) is 129. The molecule has 21 nitrogen and oxygen atoms in total. The van der Waals surface area contributed by atoms with Crippen molar-refractivity contribution in [3.8, 4) is 5.75 Å². The SMILES string of the molecule is CC[C@H](C)[C@@H]1NC(=O)[C@@H](NC(=O)[C@@H](NC(=O)[C@H](Cc2ccccc2)NC(=O)OC(C)(C)C)C(C)C)CNC(=O)[C@H](Cc2ccc(OC(=O)OCc3ccccc3Br)cc2)NC(=O)[C@H]([C@@H](C)OCc2ccccc2)NC(=O)[C@H](Cc2ccccc2)NC1=O. The van der Waals surface area contributed by atoms with Gasteiger partial charge in [-0.3, -0.25) is 33.6 Å². The summed E-state index contributed by atoms with van der Waals surface area (Å²) in [7, 11) is 0. The molecule has 0 spiro atoms. The topological polar surface area (TPSA) is 287 Å². The first-order valence-electron chi connectivity index (χ1n) is 29.0. The summed E-state index contributed by atoms with van der Waals surface area (Å²) in [6.07, 6.45) is -2.79. The lowest BCUT2D eigenvalue weighted by molar-refractivity contribution is -0.138. The van der Waals surface area contributed by atoms with Crippen molar-refractivity contribution in [3.63, 3.8) is 0 Å². The number of halogens is 1. The number of ether oxygens (including phenoxy) is 4. The fourth-order valence-electron chi connectivity index (χ4n) is 9.20. The standard InChI is InChI=1S/C65H79BrN8O13/c1-9-40(4)54-61(80)69-50(33-42-21-13-10-14-22-42)57(76)74-55(41(5)84-37-45-25-17-12-18-26-45)62(81)68-49(35-44-29-31-47(32-30-44)86-64(83)85-38-46-27-19-20-28-48(46)66)56(75)67-36-52(59(78)73-54)70-60(79)53(39(2)3)72-58(77)51(34-43-23-15-11-16-24-43)71-63(82)87-65(6,7)8/h10-32,39-41,49-55H,9,33-38H2,1-8H3,(H,67,75)(H,68,81)(H,69,80)(H,70,79)(H,71,82)(H,72,77)(H,73,78)(H,74,76)/t40-,41+,49-,50-,51-,52-,53-,54-,55-/m0/s1. The number of alkyl carbamates (subject to hydrolysis) is 1. The van der Waals surface area contributed by atoms with Gasteiger partial charge in [0.25, 0.3) is 0 Å². The molecule has 0 bridgehead atoms. The van der Waals surface area contributed by atoms with E-state index in [-0.39, 0.29) is 38.2 Å². The fourth-order valence-corrected chi connectivity index (χ4v) is 9.60. The van der Waals surface area contributed by atoms with Crippen LogP contribution in [0.4, 0.5) is 9.59 Å². The molecule has 22 heteroatoms. The third kappa shape index (κ3) is 21.7. The molecule has 5 aromatic carbocycles. The summed E-state index contributed by atoms with van der Waals surface area (Å²) in [5.74, 6) is -6.86. The van der Waals surface area contributed by atoms with Crippen molar-refractivity contribution in [1.29, 1.82) is 0 Å². The minimum absolute atomic E-state index is 0.0145. The van der Waals surface area contributed by atoms with Crippen LogP contribution in [0, 0.1) is 11.8 Å². The molecule has 1 aliphatic rings. The van der Waals surface area contributed by atoms with Crippen LogP contribution < -0.4 is 47.3 Å². The highest BCUT2D eigenvalue weighted by Gasteiger charge is 2.39. The van der Waals surface area contributed by atoms with Crippen molar-refractivity contribution in [1.82, 2.24) is 42.5 Å². The van der Waals surface area contributed by atoms with Crippen molar-refractivity contribution in [2.75, 3.05) is 6.54 Å². The molecule has 0 radical (unpaired) electrons. The number of nitrogens with one attached hydrogen (secondary N) is 8. The zero-order valence-electron chi connectivity index (χ0n) is 50.2. The van der Waals surface area contributed by atoms with E-state index in [1.165, 1.54) is 12.1 Å². The van der Waals surface area contributed by atoms with Gasteiger partial charge in [-0.15, -0.1) is 0 Å². The predicted octanol–water partition coefficient (Wildman–Crippen LogP) is 6.43. The number of benzene rings is 5. The highest BCUT2D eigenvalue weighted by molar-refractivity contribution is 9.10. The molecule has 8 N–H and O–H groups in total.